The molecule has 4 N–H and O–H groups in total. The fraction of sp³-hybridized carbons (Fsp3) is 0.0500. The number of sulfonamides is 1. The Labute approximate surface area is 228 Å². The van der Waals surface area contributed by atoms with E-state index in [1.54, 1.807) is 0 Å². The predicted molar refractivity (Wildman–Crippen MR) is 135 cm³/mol. The summed E-state index contributed by atoms with van der Waals surface area (Å²) in [4.78, 5) is 40.1. The molecular formula is C20H16ClFN5NaO5S2. The second-order valence-corrected chi connectivity index (χ2v) is 10.6. The summed E-state index contributed by atoms with van der Waals surface area (Å²) in [5.74, 6) is -0.683. The molecule has 4 aromatic rings. The first-order chi connectivity index (χ1) is 16.0. The van der Waals surface area contributed by atoms with Crippen molar-refractivity contribution in [2.75, 3.05) is 16.7 Å². The van der Waals surface area contributed by atoms with Gasteiger partial charge < -0.3 is 16.0 Å². The Balaban J connectivity index is 0.00000342. The molecule has 4 rings (SSSR count). The van der Waals surface area contributed by atoms with E-state index in [1.807, 2.05) is 0 Å². The Bertz CT molecular complexity index is 1670. The maximum absolute atomic E-state index is 14.2. The minimum absolute atomic E-state index is 0. The number of hydrogen-bond acceptors (Lipinski definition) is 7. The number of urea groups is 1. The van der Waals surface area contributed by atoms with Crippen LogP contribution in [0, 0.1) is 5.82 Å². The van der Waals surface area contributed by atoms with Crippen LogP contribution in [0.4, 0.5) is 20.6 Å². The summed E-state index contributed by atoms with van der Waals surface area (Å²) < 4.78 is 41.1. The summed E-state index contributed by atoms with van der Waals surface area (Å²) in [5, 5.41) is 2.55. The van der Waals surface area contributed by atoms with Gasteiger partial charge in [-0.2, -0.15) is 12.7 Å². The number of carbonyl (C=O) groups is 1. The number of rotatable bonds is 5. The van der Waals surface area contributed by atoms with Crippen molar-refractivity contribution in [3.63, 3.8) is 0 Å². The Hall–Kier alpha value is -2.68. The summed E-state index contributed by atoms with van der Waals surface area (Å²) in [6.45, 7) is 0. The summed E-state index contributed by atoms with van der Waals surface area (Å²) in [6.07, 6.45) is 0. The molecule has 0 unspecified atom stereocenters. The maximum atomic E-state index is 14.2. The van der Waals surface area contributed by atoms with Crippen LogP contribution in [0.2, 0.25) is 4.34 Å². The van der Waals surface area contributed by atoms with E-state index in [-0.39, 0.29) is 66.1 Å². The van der Waals surface area contributed by atoms with Crippen LogP contribution in [-0.2, 0) is 10.0 Å². The zero-order valence-electron chi connectivity index (χ0n) is 17.2. The fourth-order valence-electron chi connectivity index (χ4n) is 3.31. The molecule has 0 aliphatic carbocycles. The molecule has 0 aliphatic rings. The zero-order valence-corrected chi connectivity index (χ0v) is 19.6. The average molecular weight is 548 g/mol. The monoisotopic (exact) mass is 547 g/mol. The number of hydrogen-bond donors (Lipinski definition) is 3. The number of halogens is 2. The number of thiophene rings is 1. The number of H-pyrrole nitrogens is 1. The molecule has 0 aliphatic heterocycles. The summed E-state index contributed by atoms with van der Waals surface area (Å²) >= 11 is 6.56. The zero-order chi connectivity index (χ0) is 24.8. The Morgan fingerprint density at radius 1 is 1.17 bits per heavy atom. The number of primary amides is 1. The van der Waals surface area contributed by atoms with Crippen molar-refractivity contribution in [2.45, 2.75) is 4.21 Å². The van der Waals surface area contributed by atoms with Gasteiger partial charge in [0.15, 0.2) is 0 Å². The molecule has 2 aromatic carbocycles. The molecule has 2 aromatic heterocycles. The molecule has 15 heteroatoms. The van der Waals surface area contributed by atoms with E-state index >= 15 is 0 Å². The van der Waals surface area contributed by atoms with Gasteiger partial charge in [0.1, 0.15) is 10.0 Å². The van der Waals surface area contributed by atoms with Crippen LogP contribution in [0.25, 0.3) is 16.6 Å². The van der Waals surface area contributed by atoms with Crippen molar-refractivity contribution in [2.24, 2.45) is 5.73 Å². The second kappa shape index (κ2) is 10.1. The first kappa shape index (κ1) is 26.9. The van der Waals surface area contributed by atoms with Gasteiger partial charge in [0, 0.05) is 7.05 Å². The van der Waals surface area contributed by atoms with Crippen LogP contribution >= 0.6 is 22.9 Å². The van der Waals surface area contributed by atoms with Crippen LogP contribution in [-0.4, -0.2) is 60.6 Å². The van der Waals surface area contributed by atoms with E-state index in [4.69, 9.17) is 17.3 Å². The summed E-state index contributed by atoms with van der Waals surface area (Å²) in [6, 6.07) is 8.54. The molecule has 0 spiro atoms. The number of amides is 2. The standard InChI is InChI=1S/C20H15ClFN5O5S2.Na.H/c1-24-15-9-14-12(8-13(15)22)18(28)26(20(30)25-14)10-2-4-11(5-3-10)27(19(23)29)34(31,32)17-7-6-16(21)33-17;;/h2-9,24H,1H3,(H2,23,29)(H,25,30);;. The normalized spacial score (nSPS) is 11.2. The van der Waals surface area contributed by atoms with Gasteiger partial charge in [0.25, 0.3) is 15.6 Å². The fourth-order valence-corrected chi connectivity index (χ4v) is 6.20. The van der Waals surface area contributed by atoms with Crippen molar-refractivity contribution in [1.82, 2.24) is 9.55 Å². The van der Waals surface area contributed by atoms with E-state index in [0.29, 0.717) is 4.31 Å². The molecule has 0 atom stereocenters. The van der Waals surface area contributed by atoms with Crippen LogP contribution in [0.5, 0.6) is 0 Å². The third kappa shape index (κ3) is 4.87. The number of aromatic nitrogens is 2. The van der Waals surface area contributed by atoms with Gasteiger partial charge in [-0.05, 0) is 48.5 Å². The summed E-state index contributed by atoms with van der Waals surface area (Å²) in [7, 11) is -2.86. The number of anilines is 2. The van der Waals surface area contributed by atoms with Gasteiger partial charge in [-0.1, -0.05) is 11.6 Å². The average Bonchev–Trinajstić information content (AvgIpc) is 3.22. The van der Waals surface area contributed by atoms with Crippen molar-refractivity contribution in [1.29, 1.82) is 0 Å². The van der Waals surface area contributed by atoms with Gasteiger partial charge in [-0.15, -0.1) is 11.3 Å². The topological polar surface area (TPSA) is 147 Å². The van der Waals surface area contributed by atoms with Gasteiger partial charge in [0.2, 0.25) is 0 Å². The first-order valence-electron chi connectivity index (χ1n) is 9.41. The molecule has 35 heavy (non-hydrogen) atoms. The number of nitrogens with one attached hydrogen (secondary N) is 2. The number of carbonyl (C=O) groups excluding carboxylic acids is 1. The molecule has 0 fully saturated rings. The van der Waals surface area contributed by atoms with Gasteiger partial charge in [0.05, 0.1) is 32.3 Å². The quantitative estimate of drug-likeness (QED) is 0.326. The number of nitrogens with zero attached hydrogens (tertiary/aromatic N) is 2. The van der Waals surface area contributed by atoms with Gasteiger partial charge in [-0.25, -0.2) is 18.5 Å². The molecule has 0 saturated heterocycles. The van der Waals surface area contributed by atoms with E-state index in [9.17, 15) is 27.2 Å². The molecule has 178 valence electrons. The Morgan fingerprint density at radius 3 is 2.37 bits per heavy atom. The van der Waals surface area contributed by atoms with E-state index in [2.05, 4.69) is 10.3 Å². The molecule has 0 bridgehead atoms. The van der Waals surface area contributed by atoms with Crippen molar-refractivity contribution >= 4 is 90.8 Å². The Morgan fingerprint density at radius 2 is 1.83 bits per heavy atom. The molecule has 2 amide bonds. The summed E-state index contributed by atoms with van der Waals surface area (Å²) in [5.41, 5.74) is 3.89. The van der Waals surface area contributed by atoms with Crippen LogP contribution in [0.1, 0.15) is 0 Å². The van der Waals surface area contributed by atoms with Crippen molar-refractivity contribution < 1.29 is 17.6 Å². The van der Waals surface area contributed by atoms with Crippen LogP contribution < -0.4 is 26.6 Å². The third-order valence-corrected chi connectivity index (χ3v) is 8.26. The molecule has 10 nitrogen and oxygen atoms in total. The molecule has 0 saturated carbocycles. The molecule has 2 heterocycles. The van der Waals surface area contributed by atoms with Crippen molar-refractivity contribution in [3.8, 4) is 5.69 Å². The molecular weight excluding hydrogens is 532 g/mol. The minimum atomic E-state index is -4.36. The number of nitrogens with two attached hydrogens (primary N) is 1. The number of fused-ring (bicyclic) bond motifs is 1. The number of aromatic amines is 1. The molecule has 0 radical (unpaired) electrons. The second-order valence-electron chi connectivity index (χ2n) is 6.88. The van der Waals surface area contributed by atoms with Gasteiger partial charge >= 0.3 is 41.3 Å². The van der Waals surface area contributed by atoms with E-state index < -0.39 is 33.1 Å². The van der Waals surface area contributed by atoms with Crippen molar-refractivity contribution in [3.05, 3.63) is 79.5 Å². The first-order valence-corrected chi connectivity index (χ1v) is 12.0. The number of benzene rings is 2. The predicted octanol–water partition coefficient (Wildman–Crippen LogP) is 2.20. The van der Waals surface area contributed by atoms with E-state index in [0.717, 1.165) is 22.0 Å². The van der Waals surface area contributed by atoms with E-state index in [1.165, 1.54) is 49.5 Å². The SMILES string of the molecule is CNc1cc2[nH]c(=O)n(-c3ccc(N(C(N)=O)S(=O)(=O)c4ccc(Cl)s4)cc3)c(=O)c2cc1F.[NaH]. The third-order valence-electron chi connectivity index (χ3n) is 4.84. The van der Waals surface area contributed by atoms with Crippen LogP contribution in [0.3, 0.4) is 0 Å². The Kier molecular flexibility index (Phi) is 7.79. The van der Waals surface area contributed by atoms with Gasteiger partial charge in [-0.3, -0.25) is 4.79 Å². The van der Waals surface area contributed by atoms with Crippen LogP contribution in [0.15, 0.2) is 62.3 Å².